The molecular formula is C20H23NO2S. The molecule has 0 aliphatic heterocycles. The van der Waals surface area contributed by atoms with E-state index in [0.29, 0.717) is 0 Å². The Hall–Kier alpha value is -2.07. The number of rotatable bonds is 5. The highest BCUT2D eigenvalue weighted by atomic mass is 32.2. The molecule has 0 spiro atoms. The Morgan fingerprint density at radius 2 is 1.79 bits per heavy atom. The van der Waals surface area contributed by atoms with Crippen LogP contribution in [0.1, 0.15) is 24.3 Å². The summed E-state index contributed by atoms with van der Waals surface area (Å²) in [5.41, 5.74) is 2.22. The molecule has 3 nitrogen and oxygen atoms in total. The average Bonchev–Trinajstić information content (AvgIpc) is 3.10. The molecule has 1 aliphatic carbocycles. The minimum atomic E-state index is -1.14. The SMILES string of the molecule is COc1ccc([C@H]2CCC=C2S(=O)c2ccccc2N(C)C)cc1. The van der Waals surface area contributed by atoms with Crippen LogP contribution in [0.15, 0.2) is 64.4 Å². The number of ether oxygens (including phenoxy) is 1. The van der Waals surface area contributed by atoms with Crippen molar-refractivity contribution in [3.8, 4) is 5.75 Å². The normalized spacial score (nSPS) is 18.1. The first-order chi connectivity index (χ1) is 11.6. The largest absolute Gasteiger partial charge is 0.497 e. The maximum absolute atomic E-state index is 13.3. The van der Waals surface area contributed by atoms with Crippen LogP contribution in [0.3, 0.4) is 0 Å². The fraction of sp³-hybridized carbons (Fsp3) is 0.300. The van der Waals surface area contributed by atoms with Crippen molar-refractivity contribution in [1.29, 1.82) is 0 Å². The summed E-state index contributed by atoms with van der Waals surface area (Å²) in [5.74, 6) is 1.06. The van der Waals surface area contributed by atoms with Gasteiger partial charge < -0.3 is 9.64 Å². The molecule has 0 bridgehead atoms. The van der Waals surface area contributed by atoms with Crippen molar-refractivity contribution in [3.05, 3.63) is 65.1 Å². The van der Waals surface area contributed by atoms with Crippen LogP contribution in [-0.4, -0.2) is 25.4 Å². The molecule has 0 saturated carbocycles. The molecule has 0 aromatic heterocycles. The van der Waals surface area contributed by atoms with E-state index >= 15 is 0 Å². The standard InChI is InChI=1S/C20H23NO2S/c1-21(2)18-8-4-5-9-20(18)24(22)19-10-6-7-17(19)15-11-13-16(23-3)14-12-15/h4-5,8-14,17H,6-7H2,1-3H3/t17-,24?/m1/s1. The molecule has 0 saturated heterocycles. The second kappa shape index (κ2) is 7.22. The first-order valence-electron chi connectivity index (χ1n) is 8.14. The van der Waals surface area contributed by atoms with Gasteiger partial charge in [0.2, 0.25) is 0 Å². The molecule has 3 rings (SSSR count). The Balaban J connectivity index is 1.92. The smallest absolute Gasteiger partial charge is 0.118 e. The summed E-state index contributed by atoms with van der Waals surface area (Å²) < 4.78 is 18.5. The third-order valence-corrected chi connectivity index (χ3v) is 6.05. The molecule has 1 aliphatic rings. The summed E-state index contributed by atoms with van der Waals surface area (Å²) in [5, 5.41) is 0. The van der Waals surface area contributed by atoms with E-state index in [9.17, 15) is 4.21 Å². The lowest BCUT2D eigenvalue weighted by atomic mass is 9.98. The van der Waals surface area contributed by atoms with Gasteiger partial charge in [-0.25, -0.2) is 4.21 Å². The van der Waals surface area contributed by atoms with Crippen LogP contribution in [0.4, 0.5) is 5.69 Å². The molecule has 0 N–H and O–H groups in total. The number of allylic oxidation sites excluding steroid dienone is 2. The van der Waals surface area contributed by atoms with Crippen LogP contribution < -0.4 is 9.64 Å². The number of para-hydroxylation sites is 1. The second-order valence-corrected chi connectivity index (χ2v) is 7.59. The van der Waals surface area contributed by atoms with E-state index in [1.807, 2.05) is 55.4 Å². The first-order valence-corrected chi connectivity index (χ1v) is 9.29. The van der Waals surface area contributed by atoms with Crippen molar-refractivity contribution >= 4 is 16.5 Å². The highest BCUT2D eigenvalue weighted by Crippen LogP contribution is 2.40. The molecule has 0 heterocycles. The van der Waals surface area contributed by atoms with Gasteiger partial charge in [-0.2, -0.15) is 0 Å². The molecule has 2 atom stereocenters. The van der Waals surface area contributed by atoms with E-state index in [-0.39, 0.29) is 5.92 Å². The predicted molar refractivity (Wildman–Crippen MR) is 100 cm³/mol. The average molecular weight is 341 g/mol. The molecule has 0 fully saturated rings. The lowest BCUT2D eigenvalue weighted by Gasteiger charge is -2.20. The highest BCUT2D eigenvalue weighted by molar-refractivity contribution is 7.89. The van der Waals surface area contributed by atoms with E-state index in [4.69, 9.17) is 4.74 Å². The maximum Gasteiger partial charge on any atom is 0.118 e. The monoisotopic (exact) mass is 341 g/mol. The van der Waals surface area contributed by atoms with Crippen LogP contribution in [0.2, 0.25) is 0 Å². The Morgan fingerprint density at radius 3 is 2.46 bits per heavy atom. The zero-order valence-corrected chi connectivity index (χ0v) is 15.2. The maximum atomic E-state index is 13.3. The number of anilines is 1. The van der Waals surface area contributed by atoms with Gasteiger partial charge in [0.05, 0.1) is 28.5 Å². The van der Waals surface area contributed by atoms with Gasteiger partial charge in [0.15, 0.2) is 0 Å². The van der Waals surface area contributed by atoms with Crippen molar-refractivity contribution in [2.45, 2.75) is 23.7 Å². The van der Waals surface area contributed by atoms with Gasteiger partial charge in [-0.1, -0.05) is 30.3 Å². The van der Waals surface area contributed by atoms with Gasteiger partial charge in [0.1, 0.15) is 5.75 Å². The van der Waals surface area contributed by atoms with Crippen LogP contribution >= 0.6 is 0 Å². The molecule has 0 amide bonds. The Labute approximate surface area is 146 Å². The quantitative estimate of drug-likeness (QED) is 0.811. The van der Waals surface area contributed by atoms with Gasteiger partial charge >= 0.3 is 0 Å². The van der Waals surface area contributed by atoms with Crippen molar-refractivity contribution in [3.63, 3.8) is 0 Å². The fourth-order valence-corrected chi connectivity index (χ4v) is 4.84. The molecule has 126 valence electrons. The van der Waals surface area contributed by atoms with Crippen LogP contribution in [0, 0.1) is 0 Å². The summed E-state index contributed by atoms with van der Waals surface area (Å²) >= 11 is 0. The topological polar surface area (TPSA) is 29.5 Å². The molecular weight excluding hydrogens is 318 g/mol. The van der Waals surface area contributed by atoms with Gasteiger partial charge in [-0.3, -0.25) is 0 Å². The Morgan fingerprint density at radius 1 is 1.08 bits per heavy atom. The summed E-state index contributed by atoms with van der Waals surface area (Å²) in [6.45, 7) is 0. The third-order valence-electron chi connectivity index (χ3n) is 4.42. The summed E-state index contributed by atoms with van der Waals surface area (Å²) in [6.07, 6.45) is 4.14. The van der Waals surface area contributed by atoms with Gasteiger partial charge in [-0.05, 0) is 42.7 Å². The number of methoxy groups -OCH3 is 1. The number of benzene rings is 2. The number of nitrogens with zero attached hydrogens (tertiary/aromatic N) is 1. The van der Waals surface area contributed by atoms with Crippen molar-refractivity contribution in [2.24, 2.45) is 0 Å². The highest BCUT2D eigenvalue weighted by Gasteiger charge is 2.27. The minimum Gasteiger partial charge on any atom is -0.497 e. The molecule has 2 aromatic rings. The van der Waals surface area contributed by atoms with Crippen LogP contribution in [0.5, 0.6) is 5.75 Å². The fourth-order valence-electron chi connectivity index (χ4n) is 3.16. The Bertz CT molecular complexity index is 765. The molecule has 0 radical (unpaired) electrons. The molecule has 1 unspecified atom stereocenters. The van der Waals surface area contributed by atoms with E-state index in [1.165, 1.54) is 5.56 Å². The third kappa shape index (κ3) is 3.24. The van der Waals surface area contributed by atoms with E-state index < -0.39 is 10.8 Å². The van der Waals surface area contributed by atoms with E-state index in [1.54, 1.807) is 7.11 Å². The lowest BCUT2D eigenvalue weighted by molar-refractivity contribution is 0.414. The lowest BCUT2D eigenvalue weighted by Crippen LogP contribution is -2.13. The number of hydrogen-bond donors (Lipinski definition) is 0. The first kappa shape index (κ1) is 16.8. The summed E-state index contributed by atoms with van der Waals surface area (Å²) in [6, 6.07) is 16.0. The van der Waals surface area contributed by atoms with E-state index in [0.717, 1.165) is 34.1 Å². The van der Waals surface area contributed by atoms with E-state index in [2.05, 4.69) is 18.2 Å². The second-order valence-electron chi connectivity index (χ2n) is 6.14. The predicted octanol–water partition coefficient (Wildman–Crippen LogP) is 4.33. The Kier molecular flexibility index (Phi) is 5.05. The molecule has 2 aromatic carbocycles. The zero-order chi connectivity index (χ0) is 17.1. The van der Waals surface area contributed by atoms with Crippen LogP contribution in [0.25, 0.3) is 0 Å². The van der Waals surface area contributed by atoms with Gasteiger partial charge in [-0.15, -0.1) is 0 Å². The number of hydrogen-bond acceptors (Lipinski definition) is 3. The van der Waals surface area contributed by atoms with Crippen LogP contribution in [-0.2, 0) is 10.8 Å². The molecule has 24 heavy (non-hydrogen) atoms. The minimum absolute atomic E-state index is 0.215. The van der Waals surface area contributed by atoms with Crippen molar-refractivity contribution in [1.82, 2.24) is 0 Å². The summed E-state index contributed by atoms with van der Waals surface area (Å²) in [4.78, 5) is 3.93. The summed E-state index contributed by atoms with van der Waals surface area (Å²) in [7, 11) is 4.50. The van der Waals surface area contributed by atoms with Crippen molar-refractivity contribution < 1.29 is 8.95 Å². The zero-order valence-electron chi connectivity index (χ0n) is 14.4. The molecule has 4 heteroatoms. The van der Waals surface area contributed by atoms with Gasteiger partial charge in [0.25, 0.3) is 0 Å². The van der Waals surface area contributed by atoms with Gasteiger partial charge in [0, 0.05) is 24.9 Å². The van der Waals surface area contributed by atoms with Crippen molar-refractivity contribution in [2.75, 3.05) is 26.1 Å².